The van der Waals surface area contributed by atoms with Crippen LogP contribution in [0.4, 0.5) is 0 Å². The molecule has 0 aromatic heterocycles. The topological polar surface area (TPSA) is 102 Å². The number of aryl methyl sites for hydroxylation is 1. The molecule has 1 heterocycles. The molecule has 8 nitrogen and oxygen atoms in total. The van der Waals surface area contributed by atoms with Crippen LogP contribution in [0.3, 0.4) is 0 Å². The van der Waals surface area contributed by atoms with Crippen LogP contribution in [-0.2, 0) is 24.3 Å². The Bertz CT molecular complexity index is 777. The summed E-state index contributed by atoms with van der Waals surface area (Å²) < 4.78 is 36.7. The van der Waals surface area contributed by atoms with Crippen molar-refractivity contribution < 1.29 is 27.5 Å². The Hall–Kier alpha value is -2.13. The molecule has 0 bridgehead atoms. The quantitative estimate of drug-likeness (QED) is 0.666. The lowest BCUT2D eigenvalue weighted by molar-refractivity contribution is -0.130. The third-order valence-electron chi connectivity index (χ3n) is 4.21. The first-order chi connectivity index (χ1) is 12.3. The molecule has 1 N–H and O–H groups in total. The number of methoxy groups -OCH3 is 2. The Morgan fingerprint density at radius 3 is 2.69 bits per heavy atom. The molecule has 26 heavy (non-hydrogen) atoms. The molecule has 0 radical (unpaired) electrons. The van der Waals surface area contributed by atoms with Crippen molar-refractivity contribution in [3.8, 4) is 5.75 Å². The Balaban J connectivity index is 2.23. The van der Waals surface area contributed by atoms with Crippen molar-refractivity contribution in [2.75, 3.05) is 27.4 Å². The highest BCUT2D eigenvalue weighted by atomic mass is 32.2. The van der Waals surface area contributed by atoms with Gasteiger partial charge in [-0.1, -0.05) is 0 Å². The summed E-state index contributed by atoms with van der Waals surface area (Å²) in [5.74, 6) is -0.500. The van der Waals surface area contributed by atoms with E-state index in [1.165, 1.54) is 25.3 Å². The lowest BCUT2D eigenvalue weighted by Gasteiger charge is -2.24. The summed E-state index contributed by atoms with van der Waals surface area (Å²) >= 11 is 0. The lowest BCUT2D eigenvalue weighted by Crippen LogP contribution is -2.47. The summed E-state index contributed by atoms with van der Waals surface area (Å²) in [6.45, 7) is 2.55. The molecule has 0 unspecified atom stereocenters. The number of carbonyl (C=O) groups is 2. The Morgan fingerprint density at radius 2 is 2.08 bits per heavy atom. The van der Waals surface area contributed by atoms with Gasteiger partial charge in [0.1, 0.15) is 11.8 Å². The summed E-state index contributed by atoms with van der Waals surface area (Å²) in [6.07, 6.45) is 0.793. The molecule has 1 aliphatic rings. The largest absolute Gasteiger partial charge is 0.496 e. The van der Waals surface area contributed by atoms with Crippen LogP contribution < -0.4 is 10.1 Å². The average Bonchev–Trinajstić information content (AvgIpc) is 3.01. The maximum Gasteiger partial charge on any atom is 0.267 e. The van der Waals surface area contributed by atoms with E-state index in [1.807, 2.05) is 0 Å². The molecule has 0 spiro atoms. The first-order valence-corrected chi connectivity index (χ1v) is 9.75. The third kappa shape index (κ3) is 4.16. The molecular formula is C17H24N2O6S. The first-order valence-electron chi connectivity index (χ1n) is 8.31. The molecule has 1 atom stereocenters. The Morgan fingerprint density at radius 1 is 1.35 bits per heavy atom. The van der Waals surface area contributed by atoms with Gasteiger partial charge in [0.15, 0.2) is 0 Å². The second kappa shape index (κ2) is 8.50. The molecule has 144 valence electrons. The predicted octanol–water partition coefficient (Wildman–Crippen LogP) is 0.836. The fraction of sp³-hybridized carbons (Fsp3) is 0.529. The van der Waals surface area contributed by atoms with Gasteiger partial charge in [0, 0.05) is 26.7 Å². The van der Waals surface area contributed by atoms with Crippen LogP contribution in [0.15, 0.2) is 23.1 Å². The zero-order valence-corrected chi connectivity index (χ0v) is 16.0. The minimum absolute atomic E-state index is 0.0184. The summed E-state index contributed by atoms with van der Waals surface area (Å²) in [5.41, 5.74) is 0.626. The summed E-state index contributed by atoms with van der Waals surface area (Å²) in [7, 11) is -1.07. The van der Waals surface area contributed by atoms with Crippen molar-refractivity contribution >= 4 is 21.8 Å². The normalized spacial score (nSPS) is 17.4. The van der Waals surface area contributed by atoms with Gasteiger partial charge in [-0.2, -0.15) is 0 Å². The highest BCUT2D eigenvalue weighted by Gasteiger charge is 2.44. The number of nitrogens with zero attached hydrogens (tertiary/aromatic N) is 1. The SMILES string of the molecule is COCCCNC(=O)[C@H]1CCC(=O)N1S(=O)(=O)c1ccc(OC)c(C)c1. The standard InChI is InChI=1S/C17H24N2O6S/c1-12-11-13(5-7-15(12)25-3)26(22,23)19-14(6-8-16(19)20)17(21)18-9-4-10-24-2/h5,7,11,14H,4,6,8-10H2,1-3H3,(H,18,21)/t14-/m1/s1. The maximum atomic E-state index is 13.0. The molecule has 2 rings (SSSR count). The zero-order chi connectivity index (χ0) is 19.3. The van der Waals surface area contributed by atoms with E-state index < -0.39 is 27.9 Å². The van der Waals surface area contributed by atoms with Gasteiger partial charge in [0.05, 0.1) is 12.0 Å². The predicted molar refractivity (Wildman–Crippen MR) is 94.3 cm³/mol. The number of ether oxygens (including phenoxy) is 2. The number of hydrogen-bond acceptors (Lipinski definition) is 6. The molecule has 1 aliphatic heterocycles. The average molecular weight is 384 g/mol. The van der Waals surface area contributed by atoms with E-state index in [4.69, 9.17) is 9.47 Å². The maximum absolute atomic E-state index is 13.0. The van der Waals surface area contributed by atoms with E-state index in [2.05, 4.69) is 5.32 Å². The van der Waals surface area contributed by atoms with Crippen molar-refractivity contribution in [1.29, 1.82) is 0 Å². The van der Waals surface area contributed by atoms with Crippen LogP contribution in [0.1, 0.15) is 24.8 Å². The smallest absolute Gasteiger partial charge is 0.267 e. The van der Waals surface area contributed by atoms with Crippen LogP contribution in [0.2, 0.25) is 0 Å². The van der Waals surface area contributed by atoms with E-state index in [-0.39, 0.29) is 17.7 Å². The second-order valence-corrected chi connectivity index (χ2v) is 7.83. The van der Waals surface area contributed by atoms with Crippen molar-refractivity contribution in [3.05, 3.63) is 23.8 Å². The highest BCUT2D eigenvalue weighted by Crippen LogP contribution is 2.29. The van der Waals surface area contributed by atoms with Crippen LogP contribution >= 0.6 is 0 Å². The van der Waals surface area contributed by atoms with E-state index in [0.717, 1.165) is 0 Å². The summed E-state index contributed by atoms with van der Waals surface area (Å²) in [6, 6.07) is 3.31. The van der Waals surface area contributed by atoms with E-state index in [0.29, 0.717) is 35.2 Å². The molecule has 1 fully saturated rings. The van der Waals surface area contributed by atoms with Gasteiger partial charge in [-0.3, -0.25) is 9.59 Å². The van der Waals surface area contributed by atoms with Gasteiger partial charge >= 0.3 is 0 Å². The molecule has 0 saturated carbocycles. The van der Waals surface area contributed by atoms with Gasteiger partial charge in [-0.05, 0) is 43.5 Å². The van der Waals surface area contributed by atoms with Gasteiger partial charge in [-0.15, -0.1) is 0 Å². The molecule has 1 aromatic rings. The zero-order valence-electron chi connectivity index (χ0n) is 15.1. The number of carbonyl (C=O) groups excluding carboxylic acids is 2. The first kappa shape index (κ1) is 20.2. The van der Waals surface area contributed by atoms with Crippen molar-refractivity contribution in [3.63, 3.8) is 0 Å². The van der Waals surface area contributed by atoms with Crippen molar-refractivity contribution in [2.24, 2.45) is 0 Å². The minimum atomic E-state index is -4.12. The van der Waals surface area contributed by atoms with Crippen LogP contribution in [-0.4, -0.2) is 58.0 Å². The number of rotatable bonds is 8. The summed E-state index contributed by atoms with van der Waals surface area (Å²) in [5, 5.41) is 2.67. The van der Waals surface area contributed by atoms with E-state index in [1.54, 1.807) is 14.0 Å². The van der Waals surface area contributed by atoms with E-state index >= 15 is 0 Å². The Kier molecular flexibility index (Phi) is 6.60. The van der Waals surface area contributed by atoms with Crippen LogP contribution in [0, 0.1) is 6.92 Å². The molecule has 1 saturated heterocycles. The highest BCUT2D eigenvalue weighted by molar-refractivity contribution is 7.89. The Labute approximate surface area is 153 Å². The lowest BCUT2D eigenvalue weighted by atomic mass is 10.2. The van der Waals surface area contributed by atoms with Crippen molar-refractivity contribution in [2.45, 2.75) is 37.1 Å². The van der Waals surface area contributed by atoms with Crippen LogP contribution in [0.5, 0.6) is 5.75 Å². The molecule has 2 amide bonds. The van der Waals surface area contributed by atoms with Crippen LogP contribution in [0.25, 0.3) is 0 Å². The third-order valence-corrected chi connectivity index (χ3v) is 6.04. The molecule has 1 aromatic carbocycles. The number of nitrogens with one attached hydrogen (secondary N) is 1. The fourth-order valence-corrected chi connectivity index (χ4v) is 4.56. The molecule has 9 heteroatoms. The number of hydrogen-bond donors (Lipinski definition) is 1. The minimum Gasteiger partial charge on any atom is -0.496 e. The fourth-order valence-electron chi connectivity index (χ4n) is 2.87. The van der Waals surface area contributed by atoms with Gasteiger partial charge in [-0.25, -0.2) is 12.7 Å². The van der Waals surface area contributed by atoms with Gasteiger partial charge in [0.2, 0.25) is 11.8 Å². The van der Waals surface area contributed by atoms with E-state index in [9.17, 15) is 18.0 Å². The molecule has 0 aliphatic carbocycles. The summed E-state index contributed by atoms with van der Waals surface area (Å²) in [4.78, 5) is 24.6. The second-order valence-electron chi connectivity index (χ2n) is 6.02. The number of sulfonamides is 1. The number of amides is 2. The molecular weight excluding hydrogens is 360 g/mol. The number of benzene rings is 1. The van der Waals surface area contributed by atoms with Gasteiger partial charge in [0.25, 0.3) is 10.0 Å². The van der Waals surface area contributed by atoms with Gasteiger partial charge < -0.3 is 14.8 Å². The van der Waals surface area contributed by atoms with Crippen molar-refractivity contribution in [1.82, 2.24) is 9.62 Å². The monoisotopic (exact) mass is 384 g/mol.